The molecule has 0 unspecified atom stereocenters. The van der Waals surface area contributed by atoms with E-state index >= 15 is 0 Å². The predicted octanol–water partition coefficient (Wildman–Crippen LogP) is 2.23. The lowest BCUT2D eigenvalue weighted by molar-refractivity contribution is -0.136. The Hall–Kier alpha value is -2.50. The summed E-state index contributed by atoms with van der Waals surface area (Å²) in [6, 6.07) is 4.70. The highest BCUT2D eigenvalue weighted by Crippen LogP contribution is 2.33. The van der Waals surface area contributed by atoms with E-state index in [1.165, 1.54) is 20.3 Å². The smallest absolute Gasteiger partial charge is 0.309 e. The molecular weight excluding hydrogens is 286 g/mol. The third-order valence-corrected chi connectivity index (χ3v) is 3.49. The number of ether oxygens (including phenoxy) is 2. The second-order valence-electron chi connectivity index (χ2n) is 5.23. The van der Waals surface area contributed by atoms with Gasteiger partial charge in [0.25, 0.3) is 0 Å². The van der Waals surface area contributed by atoms with Gasteiger partial charge >= 0.3 is 5.97 Å². The molecule has 118 valence electrons. The van der Waals surface area contributed by atoms with E-state index in [0.29, 0.717) is 28.1 Å². The number of pyridine rings is 1. The van der Waals surface area contributed by atoms with Crippen LogP contribution in [0.25, 0.3) is 10.9 Å². The van der Waals surface area contributed by atoms with Gasteiger partial charge in [-0.2, -0.15) is 0 Å². The molecule has 0 radical (unpaired) electrons. The van der Waals surface area contributed by atoms with E-state index < -0.39 is 5.97 Å². The van der Waals surface area contributed by atoms with Crippen molar-refractivity contribution in [2.45, 2.75) is 26.3 Å². The lowest BCUT2D eigenvalue weighted by Crippen LogP contribution is -2.19. The van der Waals surface area contributed by atoms with E-state index in [1.54, 1.807) is 12.1 Å². The normalized spacial score (nSPS) is 11.0. The third-order valence-electron chi connectivity index (χ3n) is 3.49. The van der Waals surface area contributed by atoms with Crippen LogP contribution in [0.4, 0.5) is 0 Å². The van der Waals surface area contributed by atoms with Gasteiger partial charge < -0.3 is 19.1 Å². The Morgan fingerprint density at radius 1 is 1.23 bits per heavy atom. The quantitative estimate of drug-likeness (QED) is 0.916. The molecule has 0 saturated carbocycles. The van der Waals surface area contributed by atoms with Crippen molar-refractivity contribution < 1.29 is 19.4 Å². The molecule has 0 atom stereocenters. The highest BCUT2D eigenvalue weighted by atomic mass is 16.5. The van der Waals surface area contributed by atoms with Gasteiger partial charge in [-0.15, -0.1) is 0 Å². The molecule has 1 aromatic heterocycles. The molecule has 0 fully saturated rings. The molecule has 0 bridgehead atoms. The summed E-state index contributed by atoms with van der Waals surface area (Å²) in [6.07, 6.45) is -0.232. The first-order chi connectivity index (χ1) is 10.4. The van der Waals surface area contributed by atoms with Crippen molar-refractivity contribution in [3.63, 3.8) is 0 Å². The summed E-state index contributed by atoms with van der Waals surface area (Å²) in [4.78, 5) is 23.6. The van der Waals surface area contributed by atoms with Gasteiger partial charge in [0.2, 0.25) is 0 Å². The molecule has 0 aliphatic rings. The van der Waals surface area contributed by atoms with E-state index in [4.69, 9.17) is 14.6 Å². The summed E-state index contributed by atoms with van der Waals surface area (Å²) >= 11 is 0. The number of rotatable bonds is 5. The van der Waals surface area contributed by atoms with E-state index in [9.17, 15) is 9.59 Å². The molecule has 1 heterocycles. The van der Waals surface area contributed by atoms with Crippen LogP contribution in [-0.4, -0.2) is 29.9 Å². The molecule has 2 rings (SSSR count). The number of carboxylic acids is 1. The number of hydrogen-bond acceptors (Lipinski definition) is 4. The number of aliphatic carboxylic acids is 1. The van der Waals surface area contributed by atoms with Crippen LogP contribution < -0.4 is 14.9 Å². The number of aromatic nitrogens is 1. The van der Waals surface area contributed by atoms with Crippen molar-refractivity contribution in [2.24, 2.45) is 0 Å². The number of nitrogens with zero attached hydrogens (tertiary/aromatic N) is 1. The lowest BCUT2D eigenvalue weighted by atomic mass is 10.1. The largest absolute Gasteiger partial charge is 0.496 e. The van der Waals surface area contributed by atoms with Gasteiger partial charge in [-0.1, -0.05) is 0 Å². The highest BCUT2D eigenvalue weighted by Gasteiger charge is 2.19. The van der Waals surface area contributed by atoms with Crippen molar-refractivity contribution in [1.82, 2.24) is 4.57 Å². The summed E-state index contributed by atoms with van der Waals surface area (Å²) in [5, 5.41) is 9.49. The van der Waals surface area contributed by atoms with Crippen molar-refractivity contribution in [1.29, 1.82) is 0 Å². The molecular formula is C16H19NO5. The van der Waals surface area contributed by atoms with Crippen molar-refractivity contribution >= 4 is 16.9 Å². The monoisotopic (exact) mass is 305 g/mol. The molecule has 6 heteroatoms. The van der Waals surface area contributed by atoms with Crippen molar-refractivity contribution in [2.75, 3.05) is 14.2 Å². The van der Waals surface area contributed by atoms with Crippen LogP contribution in [-0.2, 0) is 11.2 Å². The lowest BCUT2D eigenvalue weighted by Gasteiger charge is -2.22. The fourth-order valence-corrected chi connectivity index (χ4v) is 2.68. The number of benzene rings is 1. The Morgan fingerprint density at radius 3 is 2.32 bits per heavy atom. The van der Waals surface area contributed by atoms with E-state index in [1.807, 2.05) is 18.4 Å². The van der Waals surface area contributed by atoms with Crippen LogP contribution in [0.1, 0.15) is 25.6 Å². The molecule has 0 amide bonds. The summed E-state index contributed by atoms with van der Waals surface area (Å²) in [7, 11) is 3.01. The number of carboxylic acid groups (broad SMARTS) is 1. The third kappa shape index (κ3) is 2.64. The fraction of sp³-hybridized carbons (Fsp3) is 0.375. The zero-order chi connectivity index (χ0) is 16.4. The number of hydrogen-bond donors (Lipinski definition) is 1. The van der Waals surface area contributed by atoms with Gasteiger partial charge in [0.05, 0.1) is 31.5 Å². The van der Waals surface area contributed by atoms with Crippen molar-refractivity contribution in [3.8, 4) is 11.5 Å². The summed E-state index contributed by atoms with van der Waals surface area (Å²) in [6.45, 7) is 3.85. The molecule has 0 aliphatic heterocycles. The minimum atomic E-state index is -0.991. The molecule has 22 heavy (non-hydrogen) atoms. The van der Waals surface area contributed by atoms with Crippen LogP contribution >= 0.6 is 0 Å². The Bertz CT molecular complexity index is 776. The maximum absolute atomic E-state index is 12.5. The summed E-state index contributed by atoms with van der Waals surface area (Å²) < 4.78 is 12.5. The number of carbonyl (C=O) groups is 1. The van der Waals surface area contributed by atoms with Gasteiger partial charge in [-0.3, -0.25) is 9.59 Å². The zero-order valence-electron chi connectivity index (χ0n) is 13.0. The van der Waals surface area contributed by atoms with E-state index in [-0.39, 0.29) is 17.9 Å². The molecule has 1 aromatic carbocycles. The highest BCUT2D eigenvalue weighted by molar-refractivity contribution is 5.91. The van der Waals surface area contributed by atoms with E-state index in [2.05, 4.69) is 0 Å². The molecule has 2 aromatic rings. The molecule has 6 nitrogen and oxygen atoms in total. The van der Waals surface area contributed by atoms with Crippen LogP contribution in [0, 0.1) is 0 Å². The minimum absolute atomic E-state index is 0.0431. The molecule has 1 N–H and O–H groups in total. The van der Waals surface area contributed by atoms with Crippen molar-refractivity contribution in [3.05, 3.63) is 34.1 Å². The summed E-state index contributed by atoms with van der Waals surface area (Å²) in [5.74, 6) is -0.0408. The average molecular weight is 305 g/mol. The van der Waals surface area contributed by atoms with E-state index in [0.717, 1.165) is 0 Å². The van der Waals surface area contributed by atoms with Crippen LogP contribution in [0.15, 0.2) is 23.0 Å². The Morgan fingerprint density at radius 2 is 1.82 bits per heavy atom. The zero-order valence-corrected chi connectivity index (χ0v) is 13.0. The van der Waals surface area contributed by atoms with Crippen LogP contribution in [0.5, 0.6) is 11.5 Å². The van der Waals surface area contributed by atoms with Crippen LogP contribution in [0.3, 0.4) is 0 Å². The average Bonchev–Trinajstić information content (AvgIpc) is 2.45. The first kappa shape index (κ1) is 15.9. The first-order valence-electron chi connectivity index (χ1n) is 6.91. The number of fused-ring (bicyclic) bond motifs is 1. The predicted molar refractivity (Wildman–Crippen MR) is 83.0 cm³/mol. The second-order valence-corrected chi connectivity index (χ2v) is 5.23. The second kappa shape index (κ2) is 6.09. The maximum atomic E-state index is 12.5. The fourth-order valence-electron chi connectivity index (χ4n) is 2.68. The van der Waals surface area contributed by atoms with Gasteiger partial charge in [0.1, 0.15) is 11.5 Å². The molecule has 0 aliphatic carbocycles. The Balaban J connectivity index is 3.00. The Kier molecular flexibility index (Phi) is 4.40. The summed E-state index contributed by atoms with van der Waals surface area (Å²) in [5.41, 5.74) is 0.714. The molecule has 0 spiro atoms. The van der Waals surface area contributed by atoms with Crippen LogP contribution in [0.2, 0.25) is 0 Å². The van der Waals surface area contributed by atoms with Gasteiger partial charge in [0.15, 0.2) is 5.43 Å². The van der Waals surface area contributed by atoms with Gasteiger partial charge in [0, 0.05) is 17.8 Å². The van der Waals surface area contributed by atoms with Gasteiger partial charge in [-0.05, 0) is 26.0 Å². The topological polar surface area (TPSA) is 77.8 Å². The molecule has 0 saturated heterocycles. The number of methoxy groups -OCH3 is 2. The van der Waals surface area contributed by atoms with Gasteiger partial charge in [-0.25, -0.2) is 0 Å². The first-order valence-corrected chi connectivity index (χ1v) is 6.91. The standard InChI is InChI=1S/C16H19NO5/c1-9(2)17-10(8-14(19)20)7-11(18)15-12(21-3)5-6-13(22-4)16(15)17/h5-7,9H,8H2,1-4H3,(H,19,20). The Labute approximate surface area is 127 Å². The SMILES string of the molecule is COc1ccc(OC)c2c1c(=O)cc(CC(=O)O)n2C(C)C. The maximum Gasteiger partial charge on any atom is 0.309 e. The minimum Gasteiger partial charge on any atom is -0.496 e.